The van der Waals surface area contributed by atoms with Crippen LogP contribution in [0.3, 0.4) is 0 Å². The van der Waals surface area contributed by atoms with Crippen molar-refractivity contribution < 1.29 is 10.0 Å². The first-order valence-electron chi connectivity index (χ1n) is 6.17. The van der Waals surface area contributed by atoms with Crippen molar-refractivity contribution in [1.29, 1.82) is 0 Å². The van der Waals surface area contributed by atoms with E-state index in [1.807, 2.05) is 13.0 Å². The Labute approximate surface area is 130 Å². The van der Waals surface area contributed by atoms with Gasteiger partial charge in [-0.3, -0.25) is 4.79 Å². The van der Waals surface area contributed by atoms with E-state index in [9.17, 15) is 4.79 Å². The third-order valence-corrected chi connectivity index (χ3v) is 3.90. The number of rotatable bonds is 3. The normalized spacial score (nSPS) is 11.2. The summed E-state index contributed by atoms with van der Waals surface area (Å²) in [7, 11) is 0. The number of benzene rings is 2. The van der Waals surface area contributed by atoms with Gasteiger partial charge in [-0.2, -0.15) is 0 Å². The summed E-state index contributed by atoms with van der Waals surface area (Å²) in [6.07, 6.45) is 0. The highest BCUT2D eigenvalue weighted by Gasteiger charge is 2.11. The van der Waals surface area contributed by atoms with Gasteiger partial charge in [-0.15, -0.1) is 0 Å². The third-order valence-electron chi connectivity index (χ3n) is 3.04. The lowest BCUT2D eigenvalue weighted by molar-refractivity contribution is 0.102. The number of nitrogens with two attached hydrogens (primary N) is 1. The first-order valence-corrected chi connectivity index (χ1v) is 6.96. The molecule has 0 bridgehead atoms. The van der Waals surface area contributed by atoms with Gasteiger partial charge in [0.2, 0.25) is 0 Å². The summed E-state index contributed by atoms with van der Waals surface area (Å²) in [6, 6.07) is 12.2. The maximum Gasteiger partial charge on any atom is 0.255 e. The van der Waals surface area contributed by atoms with Gasteiger partial charge in [0.15, 0.2) is 5.84 Å². The summed E-state index contributed by atoms with van der Waals surface area (Å²) < 4.78 is 0.876. The lowest BCUT2D eigenvalue weighted by Crippen LogP contribution is -2.16. The van der Waals surface area contributed by atoms with Crippen molar-refractivity contribution in [2.45, 2.75) is 6.92 Å². The molecule has 6 heteroatoms. The van der Waals surface area contributed by atoms with E-state index < -0.39 is 0 Å². The molecule has 1 amide bonds. The minimum atomic E-state index is -0.217. The number of oxime groups is 1. The van der Waals surface area contributed by atoms with E-state index in [1.54, 1.807) is 36.4 Å². The van der Waals surface area contributed by atoms with Gasteiger partial charge in [-0.25, -0.2) is 0 Å². The molecule has 108 valence electrons. The number of hydrogen-bond acceptors (Lipinski definition) is 3. The van der Waals surface area contributed by atoms with Gasteiger partial charge in [0.25, 0.3) is 5.91 Å². The van der Waals surface area contributed by atoms with E-state index in [0.717, 1.165) is 10.0 Å². The SMILES string of the molecule is Cc1c(Br)cccc1C(=O)Nc1cccc(C(N)=NO)c1. The highest BCUT2D eigenvalue weighted by molar-refractivity contribution is 9.10. The van der Waals surface area contributed by atoms with Crippen LogP contribution in [0.15, 0.2) is 52.1 Å². The zero-order chi connectivity index (χ0) is 15.4. The van der Waals surface area contributed by atoms with Crippen LogP contribution >= 0.6 is 15.9 Å². The fraction of sp³-hybridized carbons (Fsp3) is 0.0667. The number of nitrogens with zero attached hydrogens (tertiary/aromatic N) is 1. The maximum atomic E-state index is 12.3. The van der Waals surface area contributed by atoms with Crippen molar-refractivity contribution in [3.05, 3.63) is 63.6 Å². The molecule has 0 heterocycles. The van der Waals surface area contributed by atoms with Crippen molar-refractivity contribution in [1.82, 2.24) is 0 Å². The van der Waals surface area contributed by atoms with Crippen molar-refractivity contribution >= 4 is 33.4 Å². The predicted octanol–water partition coefficient (Wildman–Crippen LogP) is 3.10. The average molecular weight is 348 g/mol. The molecule has 5 nitrogen and oxygen atoms in total. The van der Waals surface area contributed by atoms with E-state index in [1.165, 1.54) is 0 Å². The molecule has 21 heavy (non-hydrogen) atoms. The minimum absolute atomic E-state index is 0.00950. The molecule has 2 rings (SSSR count). The Kier molecular flexibility index (Phi) is 4.59. The molecule has 0 unspecified atom stereocenters. The molecule has 0 aromatic heterocycles. The van der Waals surface area contributed by atoms with Crippen LogP contribution in [0.25, 0.3) is 0 Å². The topological polar surface area (TPSA) is 87.7 Å². The lowest BCUT2D eigenvalue weighted by atomic mass is 10.1. The number of anilines is 1. The zero-order valence-electron chi connectivity index (χ0n) is 11.3. The van der Waals surface area contributed by atoms with Crippen LogP contribution < -0.4 is 11.1 Å². The Morgan fingerprint density at radius 2 is 2.00 bits per heavy atom. The molecule has 0 saturated heterocycles. The molecule has 0 atom stereocenters. The van der Waals surface area contributed by atoms with Crippen LogP contribution in [-0.2, 0) is 0 Å². The van der Waals surface area contributed by atoms with E-state index in [0.29, 0.717) is 16.8 Å². The first kappa shape index (κ1) is 15.1. The van der Waals surface area contributed by atoms with E-state index in [4.69, 9.17) is 10.9 Å². The van der Waals surface area contributed by atoms with Crippen molar-refractivity contribution in [2.24, 2.45) is 10.9 Å². The van der Waals surface area contributed by atoms with Crippen molar-refractivity contribution in [2.75, 3.05) is 5.32 Å². The van der Waals surface area contributed by atoms with Gasteiger partial charge in [0.1, 0.15) is 0 Å². The largest absolute Gasteiger partial charge is 0.409 e. The summed E-state index contributed by atoms with van der Waals surface area (Å²) in [5, 5.41) is 14.4. The lowest BCUT2D eigenvalue weighted by Gasteiger charge is -2.09. The molecule has 0 aliphatic heterocycles. The van der Waals surface area contributed by atoms with E-state index >= 15 is 0 Å². The molecule has 0 saturated carbocycles. The molecule has 0 spiro atoms. The summed E-state index contributed by atoms with van der Waals surface area (Å²) in [5.74, 6) is -0.227. The smallest absolute Gasteiger partial charge is 0.255 e. The highest BCUT2D eigenvalue weighted by atomic mass is 79.9. The molecule has 0 fully saturated rings. The Bertz CT molecular complexity index is 714. The van der Waals surface area contributed by atoms with Crippen LogP contribution in [0.1, 0.15) is 21.5 Å². The van der Waals surface area contributed by atoms with Crippen LogP contribution in [0.2, 0.25) is 0 Å². The molecule has 0 aliphatic carbocycles. The number of carbonyl (C=O) groups excluding carboxylic acids is 1. The van der Waals surface area contributed by atoms with Gasteiger partial charge < -0.3 is 16.3 Å². The summed E-state index contributed by atoms with van der Waals surface area (Å²) >= 11 is 3.40. The standard InChI is InChI=1S/C15H14BrN3O2/c1-9-12(6-3-7-13(9)16)15(20)18-11-5-2-4-10(8-11)14(17)19-21/h2-8,21H,1H3,(H2,17,19)(H,18,20). The molecule has 4 N–H and O–H groups in total. The molecular weight excluding hydrogens is 334 g/mol. The number of nitrogens with one attached hydrogen (secondary N) is 1. The van der Waals surface area contributed by atoms with Crippen LogP contribution in [0.5, 0.6) is 0 Å². The van der Waals surface area contributed by atoms with E-state index in [2.05, 4.69) is 26.4 Å². The Morgan fingerprint density at radius 1 is 1.29 bits per heavy atom. The average Bonchev–Trinajstić information content (AvgIpc) is 2.49. The third kappa shape index (κ3) is 3.41. The van der Waals surface area contributed by atoms with Gasteiger partial charge in [-0.05, 0) is 36.8 Å². The molecule has 2 aromatic carbocycles. The molecule has 2 aromatic rings. The minimum Gasteiger partial charge on any atom is -0.409 e. The fourth-order valence-corrected chi connectivity index (χ4v) is 2.23. The maximum absolute atomic E-state index is 12.3. The van der Waals surface area contributed by atoms with Crippen molar-refractivity contribution in [3.8, 4) is 0 Å². The fourth-order valence-electron chi connectivity index (χ4n) is 1.87. The second-order valence-corrected chi connectivity index (χ2v) is 5.29. The number of amides is 1. The Morgan fingerprint density at radius 3 is 2.71 bits per heavy atom. The molecular formula is C15H14BrN3O2. The van der Waals surface area contributed by atoms with Gasteiger partial charge in [0.05, 0.1) is 0 Å². The van der Waals surface area contributed by atoms with Crippen LogP contribution in [-0.4, -0.2) is 17.0 Å². The highest BCUT2D eigenvalue weighted by Crippen LogP contribution is 2.20. The van der Waals surface area contributed by atoms with Crippen LogP contribution in [0, 0.1) is 6.92 Å². The second kappa shape index (κ2) is 6.41. The summed E-state index contributed by atoms with van der Waals surface area (Å²) in [5.41, 5.74) is 8.08. The van der Waals surface area contributed by atoms with Crippen LogP contribution in [0.4, 0.5) is 5.69 Å². The molecule has 0 radical (unpaired) electrons. The number of carbonyl (C=O) groups is 1. The summed E-state index contributed by atoms with van der Waals surface area (Å²) in [6.45, 7) is 1.87. The van der Waals surface area contributed by atoms with Gasteiger partial charge >= 0.3 is 0 Å². The van der Waals surface area contributed by atoms with Gasteiger partial charge in [0, 0.05) is 21.3 Å². The summed E-state index contributed by atoms with van der Waals surface area (Å²) in [4.78, 5) is 12.3. The second-order valence-electron chi connectivity index (χ2n) is 4.43. The van der Waals surface area contributed by atoms with Crippen molar-refractivity contribution in [3.63, 3.8) is 0 Å². The monoisotopic (exact) mass is 347 g/mol. The zero-order valence-corrected chi connectivity index (χ0v) is 12.9. The molecule has 0 aliphatic rings. The number of halogens is 1. The number of hydrogen-bond donors (Lipinski definition) is 3. The van der Waals surface area contributed by atoms with E-state index in [-0.39, 0.29) is 11.7 Å². The number of amidine groups is 1. The Hall–Kier alpha value is -2.34. The van der Waals surface area contributed by atoms with Gasteiger partial charge in [-0.1, -0.05) is 39.3 Å². The predicted molar refractivity (Wildman–Crippen MR) is 85.8 cm³/mol. The Balaban J connectivity index is 2.26. The first-order chi connectivity index (χ1) is 10.0. The quantitative estimate of drug-likeness (QED) is 0.345.